The fourth-order valence-corrected chi connectivity index (χ4v) is 2.66. The molecule has 0 bridgehead atoms. The van der Waals surface area contributed by atoms with E-state index in [-0.39, 0.29) is 5.82 Å². The zero-order valence-electron chi connectivity index (χ0n) is 11.4. The maximum absolute atomic E-state index is 14.1. The topological polar surface area (TPSA) is 82.2 Å². The van der Waals surface area contributed by atoms with Crippen LogP contribution in [0.1, 0.15) is 24.0 Å². The number of nitrogens with two attached hydrogens (primary N) is 2. The first kappa shape index (κ1) is 12.7. The minimum absolute atomic E-state index is 0.314. The molecule has 2 heterocycles. The molecule has 1 atom stereocenters. The summed E-state index contributed by atoms with van der Waals surface area (Å²) in [4.78, 5) is 8.78. The number of halogens is 1. The van der Waals surface area contributed by atoms with Gasteiger partial charge in [0.15, 0.2) is 11.7 Å². The van der Waals surface area contributed by atoms with Crippen molar-refractivity contribution in [1.29, 1.82) is 0 Å². The van der Waals surface area contributed by atoms with Gasteiger partial charge in [-0.15, -0.1) is 0 Å². The Morgan fingerprint density at radius 3 is 2.85 bits per heavy atom. The fraction of sp³-hybridized carbons (Fsp3) is 0.286. The number of anilines is 1. The monoisotopic (exact) mass is 273 g/mol. The number of amidine groups is 1. The summed E-state index contributed by atoms with van der Waals surface area (Å²) < 4.78 is 16.0. The molecule has 20 heavy (non-hydrogen) atoms. The predicted molar refractivity (Wildman–Crippen MR) is 75.9 cm³/mol. The van der Waals surface area contributed by atoms with Crippen LogP contribution in [0.15, 0.2) is 29.4 Å². The second-order valence-corrected chi connectivity index (χ2v) is 5.34. The highest BCUT2D eigenvalue weighted by Crippen LogP contribution is 2.34. The third-order valence-electron chi connectivity index (χ3n) is 3.54. The predicted octanol–water partition coefficient (Wildman–Crippen LogP) is 1.55. The molecule has 0 radical (unpaired) electrons. The van der Waals surface area contributed by atoms with E-state index in [4.69, 9.17) is 11.5 Å². The largest absolute Gasteiger partial charge is 0.399 e. The van der Waals surface area contributed by atoms with Gasteiger partial charge in [0.2, 0.25) is 0 Å². The van der Waals surface area contributed by atoms with Gasteiger partial charge in [-0.25, -0.2) is 9.37 Å². The SMILES string of the molecule is Cc1cn2c(n1)C(N)=NC(C)(c1cc(N)ccc1F)C2. The van der Waals surface area contributed by atoms with Gasteiger partial charge in [0.05, 0.1) is 12.2 Å². The molecule has 1 aliphatic rings. The fourth-order valence-electron chi connectivity index (χ4n) is 2.66. The van der Waals surface area contributed by atoms with Crippen LogP contribution >= 0.6 is 0 Å². The molecule has 6 heteroatoms. The van der Waals surface area contributed by atoms with Crippen LogP contribution < -0.4 is 11.5 Å². The second-order valence-electron chi connectivity index (χ2n) is 5.34. The Morgan fingerprint density at radius 1 is 1.35 bits per heavy atom. The normalized spacial score (nSPS) is 21.4. The first-order chi connectivity index (χ1) is 9.39. The van der Waals surface area contributed by atoms with E-state index in [2.05, 4.69) is 9.98 Å². The molecule has 0 aliphatic carbocycles. The molecule has 0 spiro atoms. The Balaban J connectivity index is 2.14. The molecule has 1 aromatic carbocycles. The lowest BCUT2D eigenvalue weighted by molar-refractivity contribution is 0.383. The Morgan fingerprint density at radius 2 is 2.10 bits per heavy atom. The minimum atomic E-state index is -0.788. The summed E-state index contributed by atoms with van der Waals surface area (Å²) in [6, 6.07) is 4.50. The lowest BCUT2D eigenvalue weighted by atomic mass is 9.90. The molecule has 1 aliphatic heterocycles. The third-order valence-corrected chi connectivity index (χ3v) is 3.54. The highest BCUT2D eigenvalue weighted by molar-refractivity contribution is 5.95. The van der Waals surface area contributed by atoms with Gasteiger partial charge >= 0.3 is 0 Å². The molecule has 2 aromatic rings. The summed E-state index contributed by atoms with van der Waals surface area (Å²) in [6.07, 6.45) is 1.89. The van der Waals surface area contributed by atoms with Gasteiger partial charge < -0.3 is 16.0 Å². The highest BCUT2D eigenvalue weighted by Gasteiger charge is 2.35. The van der Waals surface area contributed by atoms with E-state index >= 15 is 0 Å². The standard InChI is InChI=1S/C14H16FN5/c1-8-6-20-7-14(2,19-12(17)13(20)18-8)10-5-9(16)3-4-11(10)15/h3-6H,7,16H2,1-2H3,(H2,17,19). The van der Waals surface area contributed by atoms with Crippen LogP contribution in [0.4, 0.5) is 10.1 Å². The van der Waals surface area contributed by atoms with Gasteiger partial charge in [0, 0.05) is 17.4 Å². The van der Waals surface area contributed by atoms with Crippen molar-refractivity contribution in [3.63, 3.8) is 0 Å². The molecule has 0 amide bonds. The van der Waals surface area contributed by atoms with Crippen LogP contribution in [0, 0.1) is 12.7 Å². The number of imidazole rings is 1. The third kappa shape index (κ3) is 1.84. The number of aromatic nitrogens is 2. The van der Waals surface area contributed by atoms with Crippen molar-refractivity contribution < 1.29 is 4.39 Å². The molecule has 1 aromatic heterocycles. The van der Waals surface area contributed by atoms with Crippen LogP contribution in [-0.4, -0.2) is 15.4 Å². The summed E-state index contributed by atoms with van der Waals surface area (Å²) in [5.74, 6) is 0.608. The molecule has 4 N–H and O–H groups in total. The van der Waals surface area contributed by atoms with E-state index in [0.717, 1.165) is 5.69 Å². The first-order valence-corrected chi connectivity index (χ1v) is 6.34. The van der Waals surface area contributed by atoms with E-state index in [1.807, 2.05) is 24.6 Å². The van der Waals surface area contributed by atoms with Crippen molar-refractivity contribution in [2.45, 2.75) is 25.9 Å². The first-order valence-electron chi connectivity index (χ1n) is 6.34. The van der Waals surface area contributed by atoms with E-state index in [9.17, 15) is 4.39 Å². The number of benzene rings is 1. The van der Waals surface area contributed by atoms with Crippen LogP contribution in [0.2, 0.25) is 0 Å². The van der Waals surface area contributed by atoms with Crippen LogP contribution in [-0.2, 0) is 12.1 Å². The van der Waals surface area contributed by atoms with Gasteiger partial charge in [-0.05, 0) is 32.0 Å². The maximum Gasteiger partial charge on any atom is 0.175 e. The Hall–Kier alpha value is -2.37. The smallest absolute Gasteiger partial charge is 0.175 e. The summed E-state index contributed by atoms with van der Waals surface area (Å²) in [6.45, 7) is 4.21. The Labute approximate surface area is 116 Å². The van der Waals surface area contributed by atoms with Crippen molar-refractivity contribution in [3.8, 4) is 0 Å². The van der Waals surface area contributed by atoms with Crippen LogP contribution in [0.3, 0.4) is 0 Å². The second kappa shape index (κ2) is 4.06. The number of aliphatic imine (C=N–C) groups is 1. The van der Waals surface area contributed by atoms with Gasteiger partial charge in [-0.1, -0.05) is 0 Å². The average molecular weight is 273 g/mol. The van der Waals surface area contributed by atoms with Crippen molar-refractivity contribution in [1.82, 2.24) is 9.55 Å². The van der Waals surface area contributed by atoms with Gasteiger partial charge in [0.25, 0.3) is 0 Å². The van der Waals surface area contributed by atoms with Crippen LogP contribution in [0.25, 0.3) is 0 Å². The summed E-state index contributed by atoms with van der Waals surface area (Å²) in [7, 11) is 0. The minimum Gasteiger partial charge on any atom is -0.399 e. The summed E-state index contributed by atoms with van der Waals surface area (Å²) in [5.41, 5.74) is 12.7. The summed E-state index contributed by atoms with van der Waals surface area (Å²) >= 11 is 0. The van der Waals surface area contributed by atoms with Crippen molar-refractivity contribution >= 4 is 11.5 Å². The van der Waals surface area contributed by atoms with E-state index < -0.39 is 5.54 Å². The zero-order valence-corrected chi connectivity index (χ0v) is 11.4. The molecule has 5 nitrogen and oxygen atoms in total. The van der Waals surface area contributed by atoms with Crippen molar-refractivity contribution in [2.24, 2.45) is 10.7 Å². The lowest BCUT2D eigenvalue weighted by Crippen LogP contribution is -2.37. The van der Waals surface area contributed by atoms with E-state index in [1.54, 1.807) is 6.07 Å². The van der Waals surface area contributed by atoms with Crippen molar-refractivity contribution in [3.05, 3.63) is 47.3 Å². The van der Waals surface area contributed by atoms with E-state index in [1.165, 1.54) is 12.1 Å². The average Bonchev–Trinajstić information content (AvgIpc) is 2.73. The molecule has 1 unspecified atom stereocenters. The zero-order chi connectivity index (χ0) is 14.5. The highest BCUT2D eigenvalue weighted by atomic mass is 19.1. The van der Waals surface area contributed by atoms with Crippen molar-refractivity contribution in [2.75, 3.05) is 5.73 Å². The molecule has 104 valence electrons. The Kier molecular flexibility index (Phi) is 2.57. The molecule has 0 fully saturated rings. The quantitative estimate of drug-likeness (QED) is 0.773. The van der Waals surface area contributed by atoms with Gasteiger partial charge in [0.1, 0.15) is 11.4 Å². The maximum atomic E-state index is 14.1. The number of hydrogen-bond acceptors (Lipinski definition) is 4. The van der Waals surface area contributed by atoms with Gasteiger partial charge in [-0.2, -0.15) is 0 Å². The molecule has 0 saturated heterocycles. The molecule has 3 rings (SSSR count). The molecule has 0 saturated carbocycles. The number of nitrogen functional groups attached to an aromatic ring is 1. The van der Waals surface area contributed by atoms with Gasteiger partial charge in [-0.3, -0.25) is 4.99 Å². The number of aryl methyl sites for hydroxylation is 1. The molecular formula is C14H16FN5. The number of hydrogen-bond donors (Lipinski definition) is 2. The lowest BCUT2D eigenvalue weighted by Gasteiger charge is -2.31. The summed E-state index contributed by atoms with van der Waals surface area (Å²) in [5, 5.41) is 0. The number of fused-ring (bicyclic) bond motifs is 1. The molecular weight excluding hydrogens is 257 g/mol. The number of nitrogens with zero attached hydrogens (tertiary/aromatic N) is 3. The van der Waals surface area contributed by atoms with Crippen LogP contribution in [0.5, 0.6) is 0 Å². The van der Waals surface area contributed by atoms with E-state index in [0.29, 0.717) is 29.5 Å². The number of rotatable bonds is 1. The Bertz CT molecular complexity index is 718.